The topological polar surface area (TPSA) is 53.0 Å². The Morgan fingerprint density at radius 2 is 1.88 bits per heavy atom. The van der Waals surface area contributed by atoms with Crippen LogP contribution in [0.1, 0.15) is 24.8 Å². The largest absolute Gasteiger partial charge is 0.372 e. The van der Waals surface area contributed by atoms with E-state index in [2.05, 4.69) is 11.0 Å². The molecule has 1 heterocycles. The van der Waals surface area contributed by atoms with Crippen molar-refractivity contribution in [1.82, 2.24) is 0 Å². The second-order valence-corrected chi connectivity index (χ2v) is 4.67. The Hall–Kier alpha value is -1.53. The molecular formula is C14H19N3. The molecule has 3 nitrogen and oxygen atoms in total. The quantitative estimate of drug-likeness (QED) is 0.863. The lowest BCUT2D eigenvalue weighted by molar-refractivity contribution is 0.386. The maximum Gasteiger partial charge on any atom is 0.0991 e. The minimum atomic E-state index is 0.728. The fraction of sp³-hybridized carbons (Fsp3) is 0.500. The highest BCUT2D eigenvalue weighted by atomic mass is 15.1. The van der Waals surface area contributed by atoms with Gasteiger partial charge >= 0.3 is 0 Å². The smallest absolute Gasteiger partial charge is 0.0991 e. The SMILES string of the molecule is N#Cc1ccc(N2CCC(CCN)CC2)cc1. The van der Waals surface area contributed by atoms with Gasteiger partial charge in [0, 0.05) is 18.8 Å². The highest BCUT2D eigenvalue weighted by molar-refractivity contribution is 5.49. The first-order valence-corrected chi connectivity index (χ1v) is 6.28. The Kier molecular flexibility index (Phi) is 4.00. The number of nitrogens with two attached hydrogens (primary N) is 1. The van der Waals surface area contributed by atoms with Gasteiger partial charge in [-0.2, -0.15) is 5.26 Å². The number of anilines is 1. The van der Waals surface area contributed by atoms with Crippen LogP contribution in [0.15, 0.2) is 24.3 Å². The van der Waals surface area contributed by atoms with Crippen LogP contribution in [-0.4, -0.2) is 19.6 Å². The average Bonchev–Trinajstić information content (AvgIpc) is 2.40. The van der Waals surface area contributed by atoms with Crippen molar-refractivity contribution in [1.29, 1.82) is 5.26 Å². The van der Waals surface area contributed by atoms with Crippen LogP contribution >= 0.6 is 0 Å². The van der Waals surface area contributed by atoms with Crippen molar-refractivity contribution in [3.63, 3.8) is 0 Å². The lowest BCUT2D eigenvalue weighted by Crippen LogP contribution is -2.34. The van der Waals surface area contributed by atoms with E-state index in [1.54, 1.807) is 0 Å². The van der Waals surface area contributed by atoms with E-state index in [0.29, 0.717) is 0 Å². The molecule has 1 fully saturated rings. The van der Waals surface area contributed by atoms with E-state index in [-0.39, 0.29) is 0 Å². The van der Waals surface area contributed by atoms with Crippen molar-refractivity contribution >= 4 is 5.69 Å². The second-order valence-electron chi connectivity index (χ2n) is 4.67. The van der Waals surface area contributed by atoms with Gasteiger partial charge in [-0.15, -0.1) is 0 Å². The molecule has 0 bridgehead atoms. The molecule has 17 heavy (non-hydrogen) atoms. The van der Waals surface area contributed by atoms with E-state index in [4.69, 9.17) is 11.0 Å². The molecule has 0 radical (unpaired) electrons. The highest BCUT2D eigenvalue weighted by Crippen LogP contribution is 2.24. The Morgan fingerprint density at radius 3 is 2.41 bits per heavy atom. The molecule has 3 heteroatoms. The maximum atomic E-state index is 8.76. The van der Waals surface area contributed by atoms with Gasteiger partial charge in [0.15, 0.2) is 0 Å². The molecule has 2 N–H and O–H groups in total. The predicted octanol–water partition coefficient (Wildman–Crippen LogP) is 2.12. The van der Waals surface area contributed by atoms with Crippen LogP contribution in [0.5, 0.6) is 0 Å². The molecule has 0 unspecified atom stereocenters. The second kappa shape index (κ2) is 5.70. The minimum absolute atomic E-state index is 0.728. The summed E-state index contributed by atoms with van der Waals surface area (Å²) in [5.41, 5.74) is 7.55. The molecule has 0 aromatic heterocycles. The third-order valence-corrected chi connectivity index (χ3v) is 3.55. The van der Waals surface area contributed by atoms with Gasteiger partial charge in [-0.05, 0) is 56.0 Å². The lowest BCUT2D eigenvalue weighted by atomic mass is 9.93. The fourth-order valence-electron chi connectivity index (χ4n) is 2.46. The van der Waals surface area contributed by atoms with Gasteiger partial charge in [0.25, 0.3) is 0 Å². The number of hydrogen-bond donors (Lipinski definition) is 1. The monoisotopic (exact) mass is 229 g/mol. The molecule has 0 spiro atoms. The van der Waals surface area contributed by atoms with Crippen molar-refractivity contribution in [3.8, 4) is 6.07 Å². The molecule has 1 aliphatic heterocycles. The number of nitriles is 1. The summed E-state index contributed by atoms with van der Waals surface area (Å²) in [5, 5.41) is 8.76. The zero-order valence-electron chi connectivity index (χ0n) is 10.1. The van der Waals surface area contributed by atoms with Crippen molar-refractivity contribution in [3.05, 3.63) is 29.8 Å². The van der Waals surface area contributed by atoms with Gasteiger partial charge in [0.1, 0.15) is 0 Å². The van der Waals surface area contributed by atoms with Crippen LogP contribution in [0, 0.1) is 17.2 Å². The van der Waals surface area contributed by atoms with Crippen molar-refractivity contribution in [2.24, 2.45) is 11.7 Å². The fourth-order valence-corrected chi connectivity index (χ4v) is 2.46. The normalized spacial score (nSPS) is 16.8. The molecule has 0 aliphatic carbocycles. The van der Waals surface area contributed by atoms with E-state index >= 15 is 0 Å². The summed E-state index contributed by atoms with van der Waals surface area (Å²) in [6.07, 6.45) is 3.62. The van der Waals surface area contributed by atoms with E-state index in [0.717, 1.165) is 37.5 Å². The van der Waals surface area contributed by atoms with Gasteiger partial charge in [-0.3, -0.25) is 0 Å². The first-order valence-electron chi connectivity index (χ1n) is 6.28. The van der Waals surface area contributed by atoms with Crippen LogP contribution in [0.2, 0.25) is 0 Å². The average molecular weight is 229 g/mol. The number of rotatable bonds is 3. The van der Waals surface area contributed by atoms with Gasteiger partial charge in [-0.1, -0.05) is 0 Å². The summed E-state index contributed by atoms with van der Waals surface area (Å²) in [5.74, 6) is 0.801. The van der Waals surface area contributed by atoms with Crippen molar-refractivity contribution < 1.29 is 0 Å². The first kappa shape index (κ1) is 11.9. The maximum absolute atomic E-state index is 8.76. The standard InChI is InChI=1S/C14H19N3/c15-8-5-12-6-9-17(10-7-12)14-3-1-13(11-16)2-4-14/h1-4,12H,5-10,15H2. The third kappa shape index (κ3) is 2.98. The zero-order chi connectivity index (χ0) is 12.1. The molecule has 1 saturated heterocycles. The number of piperidine rings is 1. The van der Waals surface area contributed by atoms with E-state index in [9.17, 15) is 0 Å². The van der Waals surface area contributed by atoms with Gasteiger partial charge in [0.2, 0.25) is 0 Å². The molecule has 1 aliphatic rings. The van der Waals surface area contributed by atoms with Crippen LogP contribution < -0.4 is 10.6 Å². The van der Waals surface area contributed by atoms with Gasteiger partial charge in [0.05, 0.1) is 11.6 Å². The molecule has 2 rings (SSSR count). The summed E-state index contributed by atoms with van der Waals surface area (Å²) < 4.78 is 0. The van der Waals surface area contributed by atoms with E-state index < -0.39 is 0 Å². The van der Waals surface area contributed by atoms with Crippen LogP contribution in [-0.2, 0) is 0 Å². The molecule has 0 saturated carbocycles. The summed E-state index contributed by atoms with van der Waals surface area (Å²) in [6, 6.07) is 10.0. The summed E-state index contributed by atoms with van der Waals surface area (Å²) >= 11 is 0. The zero-order valence-corrected chi connectivity index (χ0v) is 10.1. The van der Waals surface area contributed by atoms with Gasteiger partial charge in [-0.25, -0.2) is 0 Å². The number of nitrogens with zero attached hydrogens (tertiary/aromatic N) is 2. The van der Waals surface area contributed by atoms with E-state index in [1.807, 2.05) is 24.3 Å². The van der Waals surface area contributed by atoms with Crippen molar-refractivity contribution in [2.45, 2.75) is 19.3 Å². The lowest BCUT2D eigenvalue weighted by Gasteiger charge is -2.33. The Balaban J connectivity index is 1.94. The molecule has 90 valence electrons. The van der Waals surface area contributed by atoms with Crippen LogP contribution in [0.4, 0.5) is 5.69 Å². The molecular weight excluding hydrogens is 210 g/mol. The molecule has 1 aromatic rings. The number of hydrogen-bond acceptors (Lipinski definition) is 3. The highest BCUT2D eigenvalue weighted by Gasteiger charge is 2.18. The summed E-state index contributed by atoms with van der Waals surface area (Å²) in [4.78, 5) is 2.40. The predicted molar refractivity (Wildman–Crippen MR) is 69.8 cm³/mol. The molecule has 0 amide bonds. The summed E-state index contributed by atoms with van der Waals surface area (Å²) in [6.45, 7) is 3.02. The summed E-state index contributed by atoms with van der Waals surface area (Å²) in [7, 11) is 0. The third-order valence-electron chi connectivity index (χ3n) is 3.55. The minimum Gasteiger partial charge on any atom is -0.372 e. The Labute approximate surface area is 103 Å². The Bertz CT molecular complexity index is 383. The first-order chi connectivity index (χ1) is 8.33. The molecule has 0 atom stereocenters. The van der Waals surface area contributed by atoms with E-state index in [1.165, 1.54) is 18.5 Å². The van der Waals surface area contributed by atoms with Crippen LogP contribution in [0.3, 0.4) is 0 Å². The molecule has 1 aromatic carbocycles. The van der Waals surface area contributed by atoms with Crippen LogP contribution in [0.25, 0.3) is 0 Å². The Morgan fingerprint density at radius 1 is 1.24 bits per heavy atom. The van der Waals surface area contributed by atoms with Gasteiger partial charge < -0.3 is 10.6 Å². The van der Waals surface area contributed by atoms with Crippen molar-refractivity contribution in [2.75, 3.05) is 24.5 Å². The number of benzene rings is 1.